The van der Waals surface area contributed by atoms with Crippen molar-refractivity contribution in [1.82, 2.24) is 4.90 Å². The minimum absolute atomic E-state index is 0.173. The molecule has 4 heterocycles. The molecule has 3 aromatic carbocycles. The van der Waals surface area contributed by atoms with Crippen molar-refractivity contribution in [3.05, 3.63) is 95.8 Å². The standard InChI is InChI=1S/C30H26FN3O3/c31-20-15-13-19(14-16-20)18-32-23-11-5-4-10-22(23)30(29(32)37)26-25(24-12-6-7-17-33(24)30)27(35)34(28(26)36)21-8-2-1-3-9-21/h1-5,8-11,13-16,24-26H,6-7,12,17-18H2. The number of fused-ring (bicyclic) bond motifs is 7. The summed E-state index contributed by atoms with van der Waals surface area (Å²) in [6, 6.07) is 22.6. The van der Waals surface area contributed by atoms with E-state index in [1.54, 1.807) is 29.2 Å². The van der Waals surface area contributed by atoms with Crippen LogP contribution in [0.15, 0.2) is 78.9 Å². The summed E-state index contributed by atoms with van der Waals surface area (Å²) >= 11 is 0. The Bertz CT molecular complexity index is 1430. The maximum atomic E-state index is 14.7. The van der Waals surface area contributed by atoms with Crippen molar-refractivity contribution in [3.8, 4) is 0 Å². The Hall–Kier alpha value is -3.84. The summed E-state index contributed by atoms with van der Waals surface area (Å²) in [5.41, 5.74) is 1.65. The Balaban J connectivity index is 1.40. The average molecular weight is 496 g/mol. The molecule has 0 bridgehead atoms. The Morgan fingerprint density at radius 2 is 1.57 bits per heavy atom. The number of nitrogens with zero attached hydrogens (tertiary/aromatic N) is 3. The number of carbonyl (C=O) groups is 3. The molecule has 4 unspecified atom stereocenters. The van der Waals surface area contributed by atoms with E-state index in [0.717, 1.165) is 36.1 Å². The van der Waals surface area contributed by atoms with Crippen LogP contribution in [0, 0.1) is 17.7 Å². The molecule has 0 aromatic heterocycles. The van der Waals surface area contributed by atoms with Crippen molar-refractivity contribution in [2.24, 2.45) is 11.8 Å². The van der Waals surface area contributed by atoms with Crippen LogP contribution in [0.4, 0.5) is 15.8 Å². The van der Waals surface area contributed by atoms with Gasteiger partial charge in [0.2, 0.25) is 11.8 Å². The van der Waals surface area contributed by atoms with E-state index in [4.69, 9.17) is 0 Å². The van der Waals surface area contributed by atoms with E-state index in [1.807, 2.05) is 42.5 Å². The number of imide groups is 1. The average Bonchev–Trinajstić information content (AvgIpc) is 3.47. The van der Waals surface area contributed by atoms with Crippen LogP contribution in [-0.4, -0.2) is 35.2 Å². The van der Waals surface area contributed by atoms with Gasteiger partial charge in [0, 0.05) is 17.3 Å². The van der Waals surface area contributed by atoms with E-state index >= 15 is 0 Å². The number of hydrogen-bond donors (Lipinski definition) is 0. The molecular formula is C30H26FN3O3. The molecule has 7 rings (SSSR count). The van der Waals surface area contributed by atoms with Crippen LogP contribution >= 0.6 is 0 Å². The monoisotopic (exact) mass is 495 g/mol. The summed E-state index contributed by atoms with van der Waals surface area (Å²) in [5.74, 6) is -2.39. The second kappa shape index (κ2) is 8.08. The van der Waals surface area contributed by atoms with Crippen LogP contribution in [0.1, 0.15) is 30.4 Å². The number of piperidine rings is 1. The first-order chi connectivity index (χ1) is 18.0. The molecule has 3 amide bonds. The molecule has 7 heteroatoms. The number of rotatable bonds is 3. The summed E-state index contributed by atoms with van der Waals surface area (Å²) in [7, 11) is 0. The number of anilines is 2. The lowest BCUT2D eigenvalue weighted by atomic mass is 9.76. The predicted octanol–water partition coefficient (Wildman–Crippen LogP) is 4.24. The van der Waals surface area contributed by atoms with Crippen molar-refractivity contribution in [2.75, 3.05) is 16.3 Å². The molecular weight excluding hydrogens is 469 g/mol. The summed E-state index contributed by atoms with van der Waals surface area (Å²) in [6.45, 7) is 0.923. The fourth-order valence-electron chi connectivity index (χ4n) is 7.27. The van der Waals surface area contributed by atoms with Crippen LogP contribution in [0.25, 0.3) is 0 Å². The number of para-hydroxylation sites is 2. The van der Waals surface area contributed by atoms with E-state index in [9.17, 15) is 18.8 Å². The summed E-state index contributed by atoms with van der Waals surface area (Å²) < 4.78 is 13.6. The van der Waals surface area contributed by atoms with Gasteiger partial charge in [-0.1, -0.05) is 55.0 Å². The van der Waals surface area contributed by atoms with Crippen LogP contribution in [0.3, 0.4) is 0 Å². The van der Waals surface area contributed by atoms with Gasteiger partial charge in [-0.25, -0.2) is 9.29 Å². The molecule has 0 radical (unpaired) electrons. The second-order valence-corrected chi connectivity index (χ2v) is 10.4. The molecule has 37 heavy (non-hydrogen) atoms. The zero-order chi connectivity index (χ0) is 25.3. The number of hydrogen-bond acceptors (Lipinski definition) is 4. The van der Waals surface area contributed by atoms with Crippen molar-refractivity contribution < 1.29 is 18.8 Å². The fraction of sp³-hybridized carbons (Fsp3) is 0.300. The number of benzene rings is 3. The van der Waals surface area contributed by atoms with Gasteiger partial charge in [-0.2, -0.15) is 0 Å². The third-order valence-corrected chi connectivity index (χ3v) is 8.66. The van der Waals surface area contributed by atoms with E-state index in [2.05, 4.69) is 4.90 Å². The molecule has 186 valence electrons. The third kappa shape index (κ3) is 2.92. The van der Waals surface area contributed by atoms with E-state index in [-0.39, 0.29) is 36.1 Å². The highest BCUT2D eigenvalue weighted by Crippen LogP contribution is 2.61. The Morgan fingerprint density at radius 1 is 0.838 bits per heavy atom. The number of halogens is 1. The zero-order valence-corrected chi connectivity index (χ0v) is 20.2. The van der Waals surface area contributed by atoms with Gasteiger partial charge in [0.25, 0.3) is 5.91 Å². The lowest BCUT2D eigenvalue weighted by molar-refractivity contribution is -0.138. The quantitative estimate of drug-likeness (QED) is 0.510. The van der Waals surface area contributed by atoms with Gasteiger partial charge in [-0.05, 0) is 55.3 Å². The maximum Gasteiger partial charge on any atom is 0.253 e. The molecule has 0 N–H and O–H groups in total. The lowest BCUT2D eigenvalue weighted by Crippen LogP contribution is -2.58. The van der Waals surface area contributed by atoms with Gasteiger partial charge < -0.3 is 4.90 Å². The predicted molar refractivity (Wildman–Crippen MR) is 136 cm³/mol. The topological polar surface area (TPSA) is 60.9 Å². The molecule has 6 nitrogen and oxygen atoms in total. The summed E-state index contributed by atoms with van der Waals surface area (Å²) in [5, 5.41) is 0. The summed E-state index contributed by atoms with van der Waals surface area (Å²) in [4.78, 5) is 48.0. The Morgan fingerprint density at radius 3 is 2.35 bits per heavy atom. The van der Waals surface area contributed by atoms with E-state index < -0.39 is 17.4 Å². The molecule has 4 atom stereocenters. The van der Waals surface area contributed by atoms with E-state index in [0.29, 0.717) is 12.2 Å². The largest absolute Gasteiger partial charge is 0.306 e. The molecule has 3 aromatic rings. The van der Waals surface area contributed by atoms with Crippen molar-refractivity contribution in [1.29, 1.82) is 0 Å². The highest BCUT2D eigenvalue weighted by atomic mass is 19.1. The zero-order valence-electron chi connectivity index (χ0n) is 20.2. The third-order valence-electron chi connectivity index (χ3n) is 8.66. The first-order valence-electron chi connectivity index (χ1n) is 12.9. The van der Waals surface area contributed by atoms with Crippen LogP contribution in [0.5, 0.6) is 0 Å². The van der Waals surface area contributed by atoms with Crippen molar-refractivity contribution in [2.45, 2.75) is 37.4 Å². The summed E-state index contributed by atoms with van der Waals surface area (Å²) in [6.07, 6.45) is 2.65. The SMILES string of the molecule is O=C1C2C3CCCCN3C3(C(=O)N(Cc4ccc(F)cc4)c4ccccc43)C2C(=O)N1c1ccccc1. The lowest BCUT2D eigenvalue weighted by Gasteiger charge is -2.42. The normalized spacial score (nSPS) is 28.7. The highest BCUT2D eigenvalue weighted by molar-refractivity contribution is 6.26. The van der Waals surface area contributed by atoms with Gasteiger partial charge in [-0.15, -0.1) is 0 Å². The van der Waals surface area contributed by atoms with Crippen LogP contribution in [-0.2, 0) is 26.5 Å². The smallest absolute Gasteiger partial charge is 0.253 e. The van der Waals surface area contributed by atoms with Crippen LogP contribution in [0.2, 0.25) is 0 Å². The van der Waals surface area contributed by atoms with Gasteiger partial charge in [0.1, 0.15) is 11.4 Å². The van der Waals surface area contributed by atoms with Gasteiger partial charge in [-0.3, -0.25) is 19.3 Å². The molecule has 3 fully saturated rings. The number of carbonyl (C=O) groups excluding carboxylic acids is 3. The first-order valence-corrected chi connectivity index (χ1v) is 12.9. The van der Waals surface area contributed by atoms with Gasteiger partial charge >= 0.3 is 0 Å². The number of amides is 3. The molecule has 1 spiro atoms. The molecule has 0 aliphatic carbocycles. The molecule has 4 aliphatic rings. The maximum absolute atomic E-state index is 14.7. The highest BCUT2D eigenvalue weighted by Gasteiger charge is 2.75. The van der Waals surface area contributed by atoms with Crippen LogP contribution < -0.4 is 9.80 Å². The minimum Gasteiger partial charge on any atom is -0.306 e. The van der Waals surface area contributed by atoms with E-state index in [1.165, 1.54) is 17.0 Å². The molecule has 3 saturated heterocycles. The molecule has 0 saturated carbocycles. The fourth-order valence-corrected chi connectivity index (χ4v) is 7.27. The first kappa shape index (κ1) is 22.4. The Labute approximate surface area is 214 Å². The molecule has 4 aliphatic heterocycles. The minimum atomic E-state index is -1.23. The Kier molecular flexibility index (Phi) is 4.88. The second-order valence-electron chi connectivity index (χ2n) is 10.4. The van der Waals surface area contributed by atoms with Gasteiger partial charge in [0.05, 0.1) is 24.1 Å². The van der Waals surface area contributed by atoms with Gasteiger partial charge in [0.15, 0.2) is 0 Å². The van der Waals surface area contributed by atoms with Crippen molar-refractivity contribution >= 4 is 29.1 Å². The van der Waals surface area contributed by atoms with Crippen molar-refractivity contribution in [3.63, 3.8) is 0 Å².